The van der Waals surface area contributed by atoms with Gasteiger partial charge in [0.15, 0.2) is 5.78 Å². The van der Waals surface area contributed by atoms with Crippen LogP contribution in [0, 0.1) is 5.41 Å². The van der Waals surface area contributed by atoms with Gasteiger partial charge in [-0.05, 0) is 31.5 Å². The number of carbonyl (C=O) groups is 3. The molecule has 7 heteroatoms. The van der Waals surface area contributed by atoms with Crippen LogP contribution in [0.5, 0.6) is 5.75 Å². The van der Waals surface area contributed by atoms with E-state index in [1.165, 1.54) is 26.0 Å². The van der Waals surface area contributed by atoms with E-state index in [4.69, 9.17) is 9.47 Å². The Bertz CT molecular complexity index is 686. The van der Waals surface area contributed by atoms with Crippen LogP contribution >= 0.6 is 0 Å². The Hall–Kier alpha value is -2.41. The smallest absolute Gasteiger partial charge is 0.313 e. The number of Topliss-reactive ketones (excluding diaryl/α,β-unsaturated/α-hetero) is 1. The molecule has 1 aromatic rings. The van der Waals surface area contributed by atoms with Crippen LogP contribution in [0.25, 0.3) is 0 Å². The standard InChI is InChI=1S/C18H23NO6/c1-12(20)13-4-5-15(25-3)14(8-13)9-16(21)19-7-6-18(10-19,11-24-2)17(22)23/h4-5,8H,6-7,9-11H2,1-3H3,(H,22,23). The molecule has 7 nitrogen and oxygen atoms in total. The van der Waals surface area contributed by atoms with Gasteiger partial charge < -0.3 is 19.5 Å². The normalized spacial score (nSPS) is 19.7. The van der Waals surface area contributed by atoms with Crippen molar-refractivity contribution in [3.63, 3.8) is 0 Å². The summed E-state index contributed by atoms with van der Waals surface area (Å²) in [7, 11) is 2.95. The number of hydrogen-bond donors (Lipinski definition) is 1. The maximum absolute atomic E-state index is 12.6. The predicted molar refractivity (Wildman–Crippen MR) is 89.8 cm³/mol. The van der Waals surface area contributed by atoms with Gasteiger partial charge in [-0.2, -0.15) is 0 Å². The zero-order valence-corrected chi connectivity index (χ0v) is 14.7. The number of likely N-dealkylation sites (tertiary alicyclic amines) is 1. The molecule has 136 valence electrons. The Balaban J connectivity index is 2.16. The Kier molecular flexibility index (Phi) is 5.79. The number of amides is 1. The largest absolute Gasteiger partial charge is 0.496 e. The summed E-state index contributed by atoms with van der Waals surface area (Å²) < 4.78 is 10.3. The fourth-order valence-electron chi connectivity index (χ4n) is 3.13. The number of aliphatic carboxylic acids is 1. The minimum absolute atomic E-state index is 0.0486. The van der Waals surface area contributed by atoms with Gasteiger partial charge in [0.25, 0.3) is 0 Å². The molecule has 0 saturated carbocycles. The molecule has 0 aliphatic carbocycles. The van der Waals surface area contributed by atoms with Crippen LogP contribution in [0.4, 0.5) is 0 Å². The topological polar surface area (TPSA) is 93.1 Å². The Morgan fingerprint density at radius 1 is 1.28 bits per heavy atom. The van der Waals surface area contributed by atoms with Gasteiger partial charge in [-0.3, -0.25) is 14.4 Å². The molecule has 1 atom stereocenters. The van der Waals surface area contributed by atoms with Gasteiger partial charge in [0.05, 0.1) is 20.1 Å². The molecule has 1 saturated heterocycles. The van der Waals surface area contributed by atoms with Crippen molar-refractivity contribution in [3.8, 4) is 5.75 Å². The summed E-state index contributed by atoms with van der Waals surface area (Å²) in [5, 5.41) is 9.49. The van der Waals surface area contributed by atoms with Crippen LogP contribution in [0.2, 0.25) is 0 Å². The van der Waals surface area contributed by atoms with E-state index in [1.54, 1.807) is 18.2 Å². The van der Waals surface area contributed by atoms with Gasteiger partial charge in [-0.1, -0.05) is 0 Å². The number of rotatable bonds is 7. The number of ether oxygens (including phenoxy) is 2. The number of carbonyl (C=O) groups excluding carboxylic acids is 2. The summed E-state index contributed by atoms with van der Waals surface area (Å²) >= 11 is 0. The fourth-order valence-corrected chi connectivity index (χ4v) is 3.13. The minimum atomic E-state index is -1.06. The Morgan fingerprint density at radius 3 is 2.56 bits per heavy atom. The van der Waals surface area contributed by atoms with Crippen molar-refractivity contribution >= 4 is 17.7 Å². The molecule has 1 aliphatic rings. The van der Waals surface area contributed by atoms with Crippen LogP contribution in [-0.2, 0) is 20.7 Å². The molecule has 1 aliphatic heterocycles. The number of carboxylic acids is 1. The maximum atomic E-state index is 12.6. The monoisotopic (exact) mass is 349 g/mol. The number of hydrogen-bond acceptors (Lipinski definition) is 5. The molecule has 1 aromatic carbocycles. The van der Waals surface area contributed by atoms with Crippen molar-refractivity contribution in [1.82, 2.24) is 4.90 Å². The molecule has 0 radical (unpaired) electrons. The van der Waals surface area contributed by atoms with Crippen molar-refractivity contribution in [2.45, 2.75) is 19.8 Å². The van der Waals surface area contributed by atoms with E-state index in [9.17, 15) is 19.5 Å². The van der Waals surface area contributed by atoms with Crippen LogP contribution < -0.4 is 4.74 Å². The van der Waals surface area contributed by atoms with E-state index in [0.29, 0.717) is 29.8 Å². The molecule has 0 spiro atoms. The first-order valence-corrected chi connectivity index (χ1v) is 8.01. The number of ketones is 1. The van der Waals surface area contributed by atoms with E-state index >= 15 is 0 Å². The lowest BCUT2D eigenvalue weighted by molar-refractivity contribution is -0.151. The molecular formula is C18H23NO6. The van der Waals surface area contributed by atoms with Crippen molar-refractivity contribution in [2.24, 2.45) is 5.41 Å². The summed E-state index contributed by atoms with van der Waals surface area (Å²) in [5.41, 5.74) is 0.0551. The molecule has 0 aromatic heterocycles. The van der Waals surface area contributed by atoms with Crippen LogP contribution in [-0.4, -0.2) is 61.6 Å². The molecule has 25 heavy (non-hydrogen) atoms. The van der Waals surface area contributed by atoms with Crippen LogP contribution in [0.15, 0.2) is 18.2 Å². The highest BCUT2D eigenvalue weighted by molar-refractivity contribution is 5.94. The van der Waals surface area contributed by atoms with Gasteiger partial charge in [0.2, 0.25) is 5.91 Å². The summed E-state index contributed by atoms with van der Waals surface area (Å²) in [5.74, 6) is -0.722. The Morgan fingerprint density at radius 2 is 2.00 bits per heavy atom. The Labute approximate surface area is 146 Å². The van der Waals surface area contributed by atoms with Crippen LogP contribution in [0.1, 0.15) is 29.3 Å². The second-order valence-corrected chi connectivity index (χ2v) is 6.34. The van der Waals surface area contributed by atoms with Crippen molar-refractivity contribution in [2.75, 3.05) is 33.9 Å². The molecule has 1 amide bonds. The van der Waals surface area contributed by atoms with Crippen molar-refractivity contribution < 1.29 is 29.0 Å². The van der Waals surface area contributed by atoms with Crippen LogP contribution in [0.3, 0.4) is 0 Å². The molecule has 1 heterocycles. The third kappa shape index (κ3) is 3.99. The third-order valence-electron chi connectivity index (χ3n) is 4.61. The lowest BCUT2D eigenvalue weighted by Gasteiger charge is -2.24. The second-order valence-electron chi connectivity index (χ2n) is 6.34. The number of nitrogens with zero attached hydrogens (tertiary/aromatic N) is 1. The van der Waals surface area contributed by atoms with E-state index in [1.807, 2.05) is 0 Å². The summed E-state index contributed by atoms with van der Waals surface area (Å²) in [6.45, 7) is 2.00. The van der Waals surface area contributed by atoms with Gasteiger partial charge in [-0.15, -0.1) is 0 Å². The highest BCUT2D eigenvalue weighted by Gasteiger charge is 2.46. The quantitative estimate of drug-likeness (QED) is 0.748. The highest BCUT2D eigenvalue weighted by atomic mass is 16.5. The van der Waals surface area contributed by atoms with Crippen molar-refractivity contribution in [3.05, 3.63) is 29.3 Å². The van der Waals surface area contributed by atoms with E-state index in [2.05, 4.69) is 0 Å². The fraction of sp³-hybridized carbons (Fsp3) is 0.500. The number of methoxy groups -OCH3 is 2. The first-order valence-electron chi connectivity index (χ1n) is 8.01. The molecule has 0 bridgehead atoms. The van der Waals surface area contributed by atoms with E-state index in [0.717, 1.165) is 0 Å². The molecule has 1 fully saturated rings. The third-order valence-corrected chi connectivity index (χ3v) is 4.61. The summed E-state index contributed by atoms with van der Waals surface area (Å²) in [6, 6.07) is 4.96. The highest BCUT2D eigenvalue weighted by Crippen LogP contribution is 2.32. The van der Waals surface area contributed by atoms with Gasteiger partial charge in [-0.25, -0.2) is 0 Å². The average Bonchev–Trinajstić information content (AvgIpc) is 3.01. The van der Waals surface area contributed by atoms with Crippen molar-refractivity contribution in [1.29, 1.82) is 0 Å². The minimum Gasteiger partial charge on any atom is -0.496 e. The number of benzene rings is 1. The molecule has 1 unspecified atom stereocenters. The first kappa shape index (κ1) is 18.9. The zero-order chi connectivity index (χ0) is 18.6. The first-order chi connectivity index (χ1) is 11.8. The predicted octanol–water partition coefficient (Wildman–Crippen LogP) is 1.39. The maximum Gasteiger partial charge on any atom is 0.313 e. The second kappa shape index (κ2) is 7.65. The number of carboxylic acid groups (broad SMARTS) is 1. The summed E-state index contributed by atoms with van der Waals surface area (Å²) in [4.78, 5) is 37.3. The SMILES string of the molecule is COCC1(C(=O)O)CCN(C(=O)Cc2cc(C(C)=O)ccc2OC)C1. The average molecular weight is 349 g/mol. The lowest BCUT2D eigenvalue weighted by Crippen LogP contribution is -2.40. The van der Waals surface area contributed by atoms with E-state index < -0.39 is 11.4 Å². The molecular weight excluding hydrogens is 326 g/mol. The summed E-state index contributed by atoms with van der Waals surface area (Å²) in [6.07, 6.45) is 0.402. The van der Waals surface area contributed by atoms with Gasteiger partial charge in [0.1, 0.15) is 11.2 Å². The van der Waals surface area contributed by atoms with Gasteiger partial charge in [0, 0.05) is 31.3 Å². The molecule has 1 N–H and O–H groups in total. The zero-order valence-electron chi connectivity index (χ0n) is 14.7. The molecule has 2 rings (SSSR count). The van der Waals surface area contributed by atoms with E-state index in [-0.39, 0.29) is 31.3 Å². The van der Waals surface area contributed by atoms with Gasteiger partial charge >= 0.3 is 5.97 Å². The lowest BCUT2D eigenvalue weighted by atomic mass is 9.88.